The van der Waals surface area contributed by atoms with Crippen LogP contribution in [0.2, 0.25) is 0 Å². The van der Waals surface area contributed by atoms with Gasteiger partial charge in [-0.2, -0.15) is 0 Å². The van der Waals surface area contributed by atoms with Crippen LogP contribution >= 0.6 is 23.1 Å². The molecule has 0 atom stereocenters. The van der Waals surface area contributed by atoms with Crippen molar-refractivity contribution in [3.05, 3.63) is 56.1 Å². The van der Waals surface area contributed by atoms with Crippen LogP contribution in [-0.2, 0) is 4.79 Å². The van der Waals surface area contributed by atoms with E-state index in [1.165, 1.54) is 28.5 Å². The molecule has 0 radical (unpaired) electrons. The van der Waals surface area contributed by atoms with Gasteiger partial charge in [-0.3, -0.25) is 4.79 Å². The number of benzene rings is 1. The highest BCUT2D eigenvalue weighted by molar-refractivity contribution is 8.18. The molecular formula is C17H16N2OS2. The van der Waals surface area contributed by atoms with E-state index in [0.717, 1.165) is 10.6 Å². The first-order chi connectivity index (χ1) is 10.5. The van der Waals surface area contributed by atoms with E-state index in [4.69, 9.17) is 0 Å². The van der Waals surface area contributed by atoms with Crippen LogP contribution in [-0.4, -0.2) is 11.1 Å². The molecule has 1 aromatic carbocycles. The SMILES string of the molecule is Cc1cc(C)cc(N=C2NC(=O)/C(=C/c3sccc3C)S2)c1. The Labute approximate surface area is 138 Å². The first-order valence-electron chi connectivity index (χ1n) is 6.93. The zero-order valence-corrected chi connectivity index (χ0v) is 14.3. The molecule has 1 saturated heterocycles. The van der Waals surface area contributed by atoms with Crippen LogP contribution in [0.15, 0.2) is 39.5 Å². The van der Waals surface area contributed by atoms with Crippen molar-refractivity contribution in [3.8, 4) is 0 Å². The summed E-state index contributed by atoms with van der Waals surface area (Å²) in [7, 11) is 0. The van der Waals surface area contributed by atoms with Gasteiger partial charge in [-0.05, 0) is 78.9 Å². The molecule has 112 valence electrons. The maximum atomic E-state index is 12.1. The predicted molar refractivity (Wildman–Crippen MR) is 95.8 cm³/mol. The van der Waals surface area contributed by atoms with Crippen molar-refractivity contribution in [3.63, 3.8) is 0 Å². The van der Waals surface area contributed by atoms with Gasteiger partial charge in [0.2, 0.25) is 0 Å². The molecule has 3 nitrogen and oxygen atoms in total. The highest BCUT2D eigenvalue weighted by atomic mass is 32.2. The summed E-state index contributed by atoms with van der Waals surface area (Å²) in [5.74, 6) is -0.0825. The average molecular weight is 328 g/mol. The van der Waals surface area contributed by atoms with Gasteiger partial charge in [0.15, 0.2) is 5.17 Å². The summed E-state index contributed by atoms with van der Waals surface area (Å²) in [5, 5.41) is 5.50. The summed E-state index contributed by atoms with van der Waals surface area (Å²) in [6, 6.07) is 8.18. The number of hydrogen-bond acceptors (Lipinski definition) is 4. The van der Waals surface area contributed by atoms with Gasteiger partial charge >= 0.3 is 0 Å². The van der Waals surface area contributed by atoms with Gasteiger partial charge in [-0.1, -0.05) is 6.07 Å². The Morgan fingerprint density at radius 3 is 2.50 bits per heavy atom. The van der Waals surface area contributed by atoms with E-state index in [0.29, 0.717) is 10.1 Å². The van der Waals surface area contributed by atoms with Crippen molar-refractivity contribution in [1.82, 2.24) is 5.32 Å². The predicted octanol–water partition coefficient (Wildman–Crippen LogP) is 4.56. The fourth-order valence-electron chi connectivity index (χ4n) is 2.26. The summed E-state index contributed by atoms with van der Waals surface area (Å²) in [6.45, 7) is 6.13. The standard InChI is InChI=1S/C17H16N2OS2/c1-10-6-11(2)8-13(7-10)18-17-19-16(20)15(22-17)9-14-12(3)4-5-21-14/h4-9H,1-3H3,(H,18,19,20)/b15-9-. The van der Waals surface area contributed by atoms with Crippen molar-refractivity contribution in [1.29, 1.82) is 0 Å². The third-order valence-corrected chi connectivity index (χ3v) is 5.13. The number of amidine groups is 1. The summed E-state index contributed by atoms with van der Waals surface area (Å²) in [6.07, 6.45) is 1.93. The highest BCUT2D eigenvalue weighted by Crippen LogP contribution is 2.30. The second kappa shape index (κ2) is 6.10. The van der Waals surface area contributed by atoms with Gasteiger partial charge in [0.25, 0.3) is 5.91 Å². The number of nitrogens with one attached hydrogen (secondary N) is 1. The Kier molecular flexibility index (Phi) is 4.18. The number of hydrogen-bond donors (Lipinski definition) is 1. The molecule has 0 bridgehead atoms. The van der Waals surface area contributed by atoms with Crippen molar-refractivity contribution in [2.45, 2.75) is 20.8 Å². The quantitative estimate of drug-likeness (QED) is 0.821. The summed E-state index contributed by atoms with van der Waals surface area (Å²) in [5.41, 5.74) is 4.39. The molecule has 0 saturated carbocycles. The van der Waals surface area contributed by atoms with Crippen molar-refractivity contribution in [2.24, 2.45) is 4.99 Å². The molecule has 1 amide bonds. The lowest BCUT2D eigenvalue weighted by atomic mass is 10.1. The first-order valence-corrected chi connectivity index (χ1v) is 8.63. The van der Waals surface area contributed by atoms with Gasteiger partial charge in [0.05, 0.1) is 10.6 Å². The second-order valence-electron chi connectivity index (χ2n) is 5.30. The monoisotopic (exact) mass is 328 g/mol. The molecular weight excluding hydrogens is 312 g/mol. The minimum absolute atomic E-state index is 0.0825. The van der Waals surface area contributed by atoms with Crippen LogP contribution in [0.5, 0.6) is 0 Å². The number of amides is 1. The van der Waals surface area contributed by atoms with E-state index in [9.17, 15) is 4.79 Å². The Hall–Kier alpha value is -1.85. The van der Waals surface area contributed by atoms with Crippen LogP contribution in [0.25, 0.3) is 6.08 Å². The minimum atomic E-state index is -0.0825. The van der Waals surface area contributed by atoms with E-state index in [2.05, 4.69) is 22.4 Å². The second-order valence-corrected chi connectivity index (χ2v) is 7.27. The molecule has 0 spiro atoms. The van der Waals surface area contributed by atoms with E-state index >= 15 is 0 Å². The Bertz CT molecular complexity index is 782. The number of thioether (sulfide) groups is 1. The van der Waals surface area contributed by atoms with Gasteiger partial charge in [0.1, 0.15) is 0 Å². The van der Waals surface area contributed by atoms with E-state index in [1.807, 2.05) is 44.4 Å². The van der Waals surface area contributed by atoms with Gasteiger partial charge in [0, 0.05) is 4.88 Å². The molecule has 1 aliphatic rings. The average Bonchev–Trinajstić information content (AvgIpc) is 2.96. The first kappa shape index (κ1) is 15.1. The van der Waals surface area contributed by atoms with Crippen molar-refractivity contribution < 1.29 is 4.79 Å². The molecule has 3 rings (SSSR count). The molecule has 1 aromatic heterocycles. The van der Waals surface area contributed by atoms with Gasteiger partial charge < -0.3 is 5.32 Å². The molecule has 2 aromatic rings. The summed E-state index contributed by atoms with van der Waals surface area (Å²) < 4.78 is 0. The van der Waals surface area contributed by atoms with Crippen LogP contribution in [0, 0.1) is 20.8 Å². The molecule has 2 heterocycles. The topological polar surface area (TPSA) is 41.5 Å². The lowest BCUT2D eigenvalue weighted by Gasteiger charge is -2.00. The maximum absolute atomic E-state index is 12.1. The summed E-state index contributed by atoms with van der Waals surface area (Å²) >= 11 is 3.03. The fourth-order valence-corrected chi connectivity index (χ4v) is 4.02. The molecule has 22 heavy (non-hydrogen) atoms. The van der Waals surface area contributed by atoms with E-state index in [-0.39, 0.29) is 5.91 Å². The van der Waals surface area contributed by atoms with Crippen LogP contribution in [0.4, 0.5) is 5.69 Å². The Balaban J connectivity index is 1.87. The number of thiophene rings is 1. The zero-order chi connectivity index (χ0) is 15.7. The largest absolute Gasteiger partial charge is 0.300 e. The van der Waals surface area contributed by atoms with Crippen LogP contribution in [0.3, 0.4) is 0 Å². The van der Waals surface area contributed by atoms with Crippen LogP contribution in [0.1, 0.15) is 21.6 Å². The van der Waals surface area contributed by atoms with Gasteiger partial charge in [-0.15, -0.1) is 11.3 Å². The molecule has 1 fully saturated rings. The fraction of sp³-hybridized carbons (Fsp3) is 0.176. The van der Waals surface area contributed by atoms with Gasteiger partial charge in [-0.25, -0.2) is 4.99 Å². The molecule has 5 heteroatoms. The molecule has 1 N–H and O–H groups in total. The number of aryl methyl sites for hydroxylation is 3. The van der Waals surface area contributed by atoms with Crippen molar-refractivity contribution in [2.75, 3.05) is 0 Å². The lowest BCUT2D eigenvalue weighted by molar-refractivity contribution is -0.115. The Morgan fingerprint density at radius 2 is 1.86 bits per heavy atom. The minimum Gasteiger partial charge on any atom is -0.300 e. The summed E-state index contributed by atoms with van der Waals surface area (Å²) in [4.78, 5) is 18.4. The Morgan fingerprint density at radius 1 is 1.14 bits per heavy atom. The molecule has 1 aliphatic heterocycles. The third-order valence-electron chi connectivity index (χ3n) is 3.25. The van der Waals surface area contributed by atoms with E-state index < -0.39 is 0 Å². The number of rotatable bonds is 2. The number of carbonyl (C=O) groups excluding carboxylic acids is 1. The van der Waals surface area contributed by atoms with Crippen LogP contribution < -0.4 is 5.32 Å². The number of carbonyl (C=O) groups is 1. The normalized spacial score (nSPS) is 18.2. The molecule has 0 aliphatic carbocycles. The number of aliphatic imine (C=N–C) groups is 1. The smallest absolute Gasteiger partial charge is 0.264 e. The third kappa shape index (κ3) is 3.31. The van der Waals surface area contributed by atoms with Crippen molar-refractivity contribution >= 4 is 45.9 Å². The number of nitrogens with zero attached hydrogens (tertiary/aromatic N) is 1. The lowest BCUT2D eigenvalue weighted by Crippen LogP contribution is -2.19. The highest BCUT2D eigenvalue weighted by Gasteiger charge is 2.24. The van der Waals surface area contributed by atoms with E-state index in [1.54, 1.807) is 11.3 Å². The zero-order valence-electron chi connectivity index (χ0n) is 12.6. The maximum Gasteiger partial charge on any atom is 0.264 e. The molecule has 0 unspecified atom stereocenters.